The fourth-order valence-electron chi connectivity index (χ4n) is 2.50. The van der Waals surface area contributed by atoms with Gasteiger partial charge in [0.05, 0.1) is 0 Å². The van der Waals surface area contributed by atoms with Gasteiger partial charge in [-0.2, -0.15) is 11.8 Å². The van der Waals surface area contributed by atoms with E-state index in [0.717, 1.165) is 11.3 Å². The van der Waals surface area contributed by atoms with E-state index in [-0.39, 0.29) is 0 Å². The van der Waals surface area contributed by atoms with Crippen LogP contribution in [0.4, 0.5) is 0 Å². The summed E-state index contributed by atoms with van der Waals surface area (Å²) in [6, 6.07) is 5.76. The summed E-state index contributed by atoms with van der Waals surface area (Å²) in [4.78, 5) is 1.50. The van der Waals surface area contributed by atoms with Gasteiger partial charge in [0.1, 0.15) is 0 Å². The fourth-order valence-corrected chi connectivity index (χ4v) is 4.13. The summed E-state index contributed by atoms with van der Waals surface area (Å²) in [6.07, 6.45) is 7.53. The second-order valence-electron chi connectivity index (χ2n) is 4.72. The van der Waals surface area contributed by atoms with E-state index in [0.29, 0.717) is 6.04 Å². The predicted octanol–water partition coefficient (Wildman–Crippen LogP) is 3.55. The minimum absolute atomic E-state index is 0.615. The van der Waals surface area contributed by atoms with Crippen LogP contribution < -0.4 is 5.32 Å². The molecule has 0 saturated heterocycles. The molecule has 3 atom stereocenters. The zero-order valence-electron chi connectivity index (χ0n) is 10.1. The van der Waals surface area contributed by atoms with Crippen LogP contribution in [0, 0.1) is 0 Å². The van der Waals surface area contributed by atoms with E-state index in [2.05, 4.69) is 36.0 Å². The van der Waals surface area contributed by atoms with Gasteiger partial charge in [-0.1, -0.05) is 6.07 Å². The van der Waals surface area contributed by atoms with Gasteiger partial charge in [-0.3, -0.25) is 0 Å². The molecule has 0 aliphatic heterocycles. The fraction of sp³-hybridized carbons (Fsp3) is 0.692. The zero-order chi connectivity index (χ0) is 11.4. The molecule has 16 heavy (non-hydrogen) atoms. The molecule has 0 spiro atoms. The van der Waals surface area contributed by atoms with Gasteiger partial charge >= 0.3 is 0 Å². The summed E-state index contributed by atoms with van der Waals surface area (Å²) in [7, 11) is 0. The lowest BCUT2D eigenvalue weighted by molar-refractivity contribution is 0.450. The number of thioether (sulfide) groups is 1. The Kier molecular flexibility index (Phi) is 4.74. The first kappa shape index (κ1) is 12.5. The maximum absolute atomic E-state index is 3.77. The molecule has 2 rings (SSSR count). The Balaban J connectivity index is 1.73. The van der Waals surface area contributed by atoms with Crippen LogP contribution in [0.3, 0.4) is 0 Å². The van der Waals surface area contributed by atoms with Gasteiger partial charge in [0, 0.05) is 22.2 Å². The molecule has 0 amide bonds. The third kappa shape index (κ3) is 3.51. The second-order valence-corrected chi connectivity index (χ2v) is 6.89. The summed E-state index contributed by atoms with van der Waals surface area (Å²) in [6.45, 7) is 2.31. The van der Waals surface area contributed by atoms with Crippen LogP contribution in [0.15, 0.2) is 17.5 Å². The Labute approximate surface area is 107 Å². The summed E-state index contributed by atoms with van der Waals surface area (Å²) >= 11 is 3.90. The van der Waals surface area contributed by atoms with Gasteiger partial charge in [0.15, 0.2) is 0 Å². The minimum atomic E-state index is 0.615. The molecule has 0 aromatic carbocycles. The average molecular weight is 255 g/mol. The molecule has 1 N–H and O–H groups in total. The van der Waals surface area contributed by atoms with Gasteiger partial charge in [0.25, 0.3) is 0 Å². The number of rotatable bonds is 5. The van der Waals surface area contributed by atoms with Gasteiger partial charge < -0.3 is 5.32 Å². The van der Waals surface area contributed by atoms with E-state index in [9.17, 15) is 0 Å². The first-order chi connectivity index (χ1) is 7.78. The third-order valence-electron chi connectivity index (χ3n) is 3.33. The molecule has 0 radical (unpaired) electrons. The molecule has 1 nitrogen and oxygen atoms in total. The summed E-state index contributed by atoms with van der Waals surface area (Å²) in [5, 5.41) is 6.84. The van der Waals surface area contributed by atoms with Crippen LogP contribution in [0.1, 0.15) is 31.1 Å². The SMILES string of the molecule is CSC1CCC(NC(C)Cc2cccs2)C1. The van der Waals surface area contributed by atoms with Crippen LogP contribution in [0.5, 0.6) is 0 Å². The van der Waals surface area contributed by atoms with E-state index >= 15 is 0 Å². The van der Waals surface area contributed by atoms with Crippen LogP contribution >= 0.6 is 23.1 Å². The highest BCUT2D eigenvalue weighted by Crippen LogP contribution is 2.28. The molecule has 1 saturated carbocycles. The van der Waals surface area contributed by atoms with E-state index in [1.807, 2.05) is 23.1 Å². The van der Waals surface area contributed by atoms with Crippen molar-refractivity contribution in [3.63, 3.8) is 0 Å². The Hall–Kier alpha value is 0.01000. The number of nitrogens with one attached hydrogen (secondary N) is 1. The van der Waals surface area contributed by atoms with Crippen molar-refractivity contribution < 1.29 is 0 Å². The van der Waals surface area contributed by atoms with Crippen molar-refractivity contribution in [1.29, 1.82) is 0 Å². The van der Waals surface area contributed by atoms with Crippen molar-refractivity contribution in [3.8, 4) is 0 Å². The van der Waals surface area contributed by atoms with Crippen LogP contribution in [0.25, 0.3) is 0 Å². The molecule has 1 aromatic rings. The maximum atomic E-state index is 3.77. The quantitative estimate of drug-likeness (QED) is 0.863. The van der Waals surface area contributed by atoms with Crippen molar-refractivity contribution in [1.82, 2.24) is 5.32 Å². The summed E-state index contributed by atoms with van der Waals surface area (Å²) in [5.41, 5.74) is 0. The smallest absolute Gasteiger partial charge is 0.00896 e. The lowest BCUT2D eigenvalue weighted by Gasteiger charge is -2.19. The first-order valence-corrected chi connectivity index (χ1v) is 8.26. The predicted molar refractivity (Wildman–Crippen MR) is 75.6 cm³/mol. The van der Waals surface area contributed by atoms with Crippen LogP contribution in [-0.2, 0) is 6.42 Å². The minimum Gasteiger partial charge on any atom is -0.311 e. The zero-order valence-corrected chi connectivity index (χ0v) is 11.7. The molecule has 1 heterocycles. The van der Waals surface area contributed by atoms with Crippen molar-refractivity contribution >= 4 is 23.1 Å². The van der Waals surface area contributed by atoms with E-state index in [1.165, 1.54) is 30.6 Å². The molecular weight excluding hydrogens is 234 g/mol. The molecule has 3 unspecified atom stereocenters. The molecule has 1 aliphatic rings. The monoisotopic (exact) mass is 255 g/mol. The van der Waals surface area contributed by atoms with Crippen molar-refractivity contribution in [2.45, 2.75) is 49.9 Å². The Morgan fingerprint density at radius 1 is 1.56 bits per heavy atom. The highest BCUT2D eigenvalue weighted by atomic mass is 32.2. The Bertz CT molecular complexity index is 297. The second kappa shape index (κ2) is 6.08. The third-order valence-corrected chi connectivity index (χ3v) is 5.32. The maximum Gasteiger partial charge on any atom is 0.00896 e. The molecule has 1 aliphatic carbocycles. The largest absolute Gasteiger partial charge is 0.311 e. The topological polar surface area (TPSA) is 12.0 Å². The van der Waals surface area contributed by atoms with Crippen LogP contribution in [-0.4, -0.2) is 23.6 Å². The summed E-state index contributed by atoms with van der Waals surface area (Å²) < 4.78 is 0. The molecule has 1 fully saturated rings. The highest BCUT2D eigenvalue weighted by Gasteiger charge is 2.24. The van der Waals surface area contributed by atoms with E-state index in [4.69, 9.17) is 0 Å². The first-order valence-electron chi connectivity index (χ1n) is 6.09. The van der Waals surface area contributed by atoms with Gasteiger partial charge in [0.2, 0.25) is 0 Å². The van der Waals surface area contributed by atoms with Crippen molar-refractivity contribution in [3.05, 3.63) is 22.4 Å². The molecule has 0 bridgehead atoms. The van der Waals surface area contributed by atoms with E-state index < -0.39 is 0 Å². The Morgan fingerprint density at radius 3 is 3.06 bits per heavy atom. The average Bonchev–Trinajstić information content (AvgIpc) is 2.89. The molecule has 1 aromatic heterocycles. The number of hydrogen-bond acceptors (Lipinski definition) is 3. The van der Waals surface area contributed by atoms with Gasteiger partial charge in [-0.15, -0.1) is 11.3 Å². The molecule has 3 heteroatoms. The van der Waals surface area contributed by atoms with Gasteiger partial charge in [-0.05, 0) is 50.3 Å². The van der Waals surface area contributed by atoms with Crippen LogP contribution in [0.2, 0.25) is 0 Å². The van der Waals surface area contributed by atoms with E-state index in [1.54, 1.807) is 0 Å². The summed E-state index contributed by atoms with van der Waals surface area (Å²) in [5.74, 6) is 0. The lowest BCUT2D eigenvalue weighted by Crippen LogP contribution is -2.36. The molecule has 90 valence electrons. The van der Waals surface area contributed by atoms with Crippen molar-refractivity contribution in [2.24, 2.45) is 0 Å². The lowest BCUT2D eigenvalue weighted by atomic mass is 10.1. The Morgan fingerprint density at radius 2 is 2.44 bits per heavy atom. The normalized spacial score (nSPS) is 27.1. The van der Waals surface area contributed by atoms with Crippen molar-refractivity contribution in [2.75, 3.05) is 6.26 Å². The standard InChI is InChI=1S/C13H21NS2/c1-10(8-13-4-3-7-16-13)14-11-5-6-12(9-11)15-2/h3-4,7,10-12,14H,5-6,8-9H2,1-2H3. The number of hydrogen-bond donors (Lipinski definition) is 1. The highest BCUT2D eigenvalue weighted by molar-refractivity contribution is 7.99. The number of thiophene rings is 1. The molecular formula is C13H21NS2. The van der Waals surface area contributed by atoms with Gasteiger partial charge in [-0.25, -0.2) is 0 Å².